The van der Waals surface area contributed by atoms with Gasteiger partial charge in [-0.05, 0) is 29.7 Å². The molecule has 0 unspecified atom stereocenters. The third kappa shape index (κ3) is 5.58. The maximum absolute atomic E-state index is 13.1. The van der Waals surface area contributed by atoms with Crippen molar-refractivity contribution >= 4 is 5.91 Å². The molecule has 0 aromatic heterocycles. The molecule has 0 aliphatic carbocycles. The van der Waals surface area contributed by atoms with Crippen molar-refractivity contribution < 1.29 is 9.18 Å². The fraction of sp³-hybridized carbons (Fsp3) is 0.158. The molecular weight excluding hydrogens is 305 g/mol. The normalized spacial score (nSPS) is 10.8. The minimum absolute atomic E-state index is 0.0144. The van der Waals surface area contributed by atoms with Gasteiger partial charge in [-0.25, -0.2) is 4.39 Å². The van der Waals surface area contributed by atoms with Crippen LogP contribution in [0.4, 0.5) is 4.39 Å². The van der Waals surface area contributed by atoms with Gasteiger partial charge in [0.1, 0.15) is 17.5 Å². The van der Waals surface area contributed by atoms with Gasteiger partial charge < -0.3 is 10.6 Å². The van der Waals surface area contributed by atoms with Crippen molar-refractivity contribution in [2.45, 2.75) is 13.0 Å². The first-order chi connectivity index (χ1) is 11.7. The number of benzene rings is 2. The molecule has 0 aliphatic heterocycles. The number of amides is 1. The second kappa shape index (κ2) is 9.11. The molecule has 1 amide bonds. The third-order valence-electron chi connectivity index (χ3n) is 3.35. The molecule has 0 spiro atoms. The Kier molecular flexibility index (Phi) is 6.54. The summed E-state index contributed by atoms with van der Waals surface area (Å²) in [6.07, 6.45) is 2.05. The first kappa shape index (κ1) is 17.2. The average Bonchev–Trinajstić information content (AvgIpc) is 2.59. The van der Waals surface area contributed by atoms with Crippen LogP contribution in [0, 0.1) is 17.1 Å². The summed E-state index contributed by atoms with van der Waals surface area (Å²) >= 11 is 0. The second-order valence-electron chi connectivity index (χ2n) is 5.17. The number of nitrogens with one attached hydrogen (secondary N) is 2. The molecule has 0 radical (unpaired) electrons. The average molecular weight is 323 g/mol. The van der Waals surface area contributed by atoms with Gasteiger partial charge in [-0.1, -0.05) is 42.5 Å². The van der Waals surface area contributed by atoms with Crippen LogP contribution in [0.3, 0.4) is 0 Å². The molecule has 24 heavy (non-hydrogen) atoms. The van der Waals surface area contributed by atoms with E-state index in [0.717, 1.165) is 11.1 Å². The summed E-state index contributed by atoms with van der Waals surface area (Å²) in [4.78, 5) is 12.0. The molecule has 2 N–H and O–H groups in total. The van der Waals surface area contributed by atoms with Crippen molar-refractivity contribution in [1.82, 2.24) is 10.6 Å². The van der Waals surface area contributed by atoms with Crippen LogP contribution in [0.5, 0.6) is 0 Å². The first-order valence-corrected chi connectivity index (χ1v) is 7.59. The lowest BCUT2D eigenvalue weighted by Gasteiger charge is -2.06. The largest absolute Gasteiger partial charge is 0.386 e. The van der Waals surface area contributed by atoms with Crippen molar-refractivity contribution in [2.75, 3.05) is 6.54 Å². The summed E-state index contributed by atoms with van der Waals surface area (Å²) in [5.41, 5.74) is 1.83. The highest BCUT2D eigenvalue weighted by atomic mass is 19.1. The Morgan fingerprint density at radius 3 is 2.58 bits per heavy atom. The lowest BCUT2D eigenvalue weighted by molar-refractivity contribution is -0.117. The van der Waals surface area contributed by atoms with Crippen LogP contribution in [-0.2, 0) is 17.8 Å². The number of halogens is 1. The van der Waals surface area contributed by atoms with Crippen LogP contribution in [0.1, 0.15) is 11.1 Å². The molecule has 0 atom stereocenters. The van der Waals surface area contributed by atoms with Crippen LogP contribution in [0.15, 0.2) is 66.4 Å². The Balaban J connectivity index is 1.81. The monoisotopic (exact) mass is 323 g/mol. The standard InChI is InChI=1S/C19H18FN3O/c20-18-8-4-7-16(11-18)13-22-14-17(12-21)19(24)23-10-9-15-5-2-1-3-6-15/h1-8,11,14,22H,9-10,13H2,(H,23,24)/b17-14-. The van der Waals surface area contributed by atoms with Gasteiger partial charge in [0.05, 0.1) is 0 Å². The van der Waals surface area contributed by atoms with Gasteiger partial charge in [0.25, 0.3) is 5.91 Å². The molecule has 122 valence electrons. The van der Waals surface area contributed by atoms with Crippen LogP contribution in [-0.4, -0.2) is 12.5 Å². The van der Waals surface area contributed by atoms with Crippen molar-refractivity contribution in [2.24, 2.45) is 0 Å². The molecule has 2 aromatic rings. The third-order valence-corrected chi connectivity index (χ3v) is 3.35. The molecular formula is C19H18FN3O. The number of rotatable bonds is 7. The van der Waals surface area contributed by atoms with E-state index in [1.165, 1.54) is 18.3 Å². The van der Waals surface area contributed by atoms with Gasteiger partial charge >= 0.3 is 0 Å². The molecule has 0 heterocycles. The highest BCUT2D eigenvalue weighted by Gasteiger charge is 2.07. The van der Waals surface area contributed by atoms with E-state index in [9.17, 15) is 9.18 Å². The van der Waals surface area contributed by atoms with E-state index >= 15 is 0 Å². The van der Waals surface area contributed by atoms with Gasteiger partial charge in [-0.2, -0.15) is 5.26 Å². The van der Waals surface area contributed by atoms with Gasteiger partial charge in [0.15, 0.2) is 0 Å². The summed E-state index contributed by atoms with van der Waals surface area (Å²) in [5.74, 6) is -0.752. The van der Waals surface area contributed by atoms with Crippen LogP contribution in [0.2, 0.25) is 0 Å². The van der Waals surface area contributed by atoms with Gasteiger partial charge in [-0.3, -0.25) is 4.79 Å². The molecule has 0 aliphatic rings. The Labute approximate surface area is 140 Å². The Morgan fingerprint density at radius 2 is 1.88 bits per heavy atom. The van der Waals surface area contributed by atoms with Crippen molar-refractivity contribution in [3.8, 4) is 6.07 Å². The second-order valence-corrected chi connectivity index (χ2v) is 5.17. The Morgan fingerprint density at radius 1 is 1.12 bits per heavy atom. The highest BCUT2D eigenvalue weighted by molar-refractivity contribution is 5.97. The minimum atomic E-state index is -0.430. The molecule has 0 bridgehead atoms. The first-order valence-electron chi connectivity index (χ1n) is 7.59. The van der Waals surface area contributed by atoms with Gasteiger partial charge in [0.2, 0.25) is 0 Å². The molecule has 0 saturated carbocycles. The van der Waals surface area contributed by atoms with Crippen LogP contribution < -0.4 is 10.6 Å². The lowest BCUT2D eigenvalue weighted by Crippen LogP contribution is -2.27. The quantitative estimate of drug-likeness (QED) is 0.608. The number of carbonyl (C=O) groups is 1. The SMILES string of the molecule is N#C/C(=C/NCc1cccc(F)c1)C(=O)NCCc1ccccc1. The molecule has 2 aromatic carbocycles. The minimum Gasteiger partial charge on any atom is -0.386 e. The fourth-order valence-electron chi connectivity index (χ4n) is 2.13. The fourth-order valence-corrected chi connectivity index (χ4v) is 2.13. The number of hydrogen-bond acceptors (Lipinski definition) is 3. The van der Waals surface area contributed by atoms with E-state index in [-0.39, 0.29) is 11.4 Å². The maximum Gasteiger partial charge on any atom is 0.263 e. The molecule has 5 heteroatoms. The number of nitriles is 1. The number of nitrogens with zero attached hydrogens (tertiary/aromatic N) is 1. The van der Waals surface area contributed by atoms with E-state index in [2.05, 4.69) is 10.6 Å². The molecule has 0 saturated heterocycles. The summed E-state index contributed by atoms with van der Waals surface area (Å²) in [6, 6.07) is 17.8. The number of carbonyl (C=O) groups excluding carboxylic acids is 1. The van der Waals surface area contributed by atoms with Crippen molar-refractivity contribution in [3.63, 3.8) is 0 Å². The molecule has 2 rings (SSSR count). The van der Waals surface area contributed by atoms with E-state index in [4.69, 9.17) is 5.26 Å². The molecule has 4 nitrogen and oxygen atoms in total. The summed E-state index contributed by atoms with van der Waals surface area (Å²) in [5, 5.41) is 14.6. The summed E-state index contributed by atoms with van der Waals surface area (Å²) in [6.45, 7) is 0.784. The van der Waals surface area contributed by atoms with Crippen molar-refractivity contribution in [1.29, 1.82) is 5.26 Å². The van der Waals surface area contributed by atoms with E-state index in [0.29, 0.717) is 19.5 Å². The zero-order chi connectivity index (χ0) is 17.2. The number of hydrogen-bond donors (Lipinski definition) is 2. The van der Waals surface area contributed by atoms with E-state index in [1.54, 1.807) is 12.1 Å². The Hall–Kier alpha value is -3.13. The molecule has 0 fully saturated rings. The van der Waals surface area contributed by atoms with Gasteiger partial charge in [0, 0.05) is 19.3 Å². The van der Waals surface area contributed by atoms with Crippen LogP contribution in [0.25, 0.3) is 0 Å². The smallest absolute Gasteiger partial charge is 0.263 e. The highest BCUT2D eigenvalue weighted by Crippen LogP contribution is 2.03. The van der Waals surface area contributed by atoms with E-state index in [1.807, 2.05) is 36.4 Å². The van der Waals surface area contributed by atoms with E-state index < -0.39 is 5.91 Å². The maximum atomic E-state index is 13.1. The van der Waals surface area contributed by atoms with Gasteiger partial charge in [-0.15, -0.1) is 0 Å². The predicted octanol–water partition coefficient (Wildman–Crippen LogP) is 2.68. The Bertz CT molecular complexity index is 751. The predicted molar refractivity (Wildman–Crippen MR) is 90.1 cm³/mol. The zero-order valence-corrected chi connectivity index (χ0v) is 13.1. The topological polar surface area (TPSA) is 64.9 Å². The lowest BCUT2D eigenvalue weighted by atomic mass is 10.1. The van der Waals surface area contributed by atoms with Crippen molar-refractivity contribution in [3.05, 3.63) is 83.3 Å². The zero-order valence-electron chi connectivity index (χ0n) is 13.1. The summed E-state index contributed by atoms with van der Waals surface area (Å²) < 4.78 is 13.1. The summed E-state index contributed by atoms with van der Waals surface area (Å²) in [7, 11) is 0. The van der Waals surface area contributed by atoms with Crippen LogP contribution >= 0.6 is 0 Å².